The second-order valence-corrected chi connectivity index (χ2v) is 10.0. The summed E-state index contributed by atoms with van der Waals surface area (Å²) in [7, 11) is 0. The van der Waals surface area contributed by atoms with Crippen molar-refractivity contribution >= 4 is 23.5 Å². The van der Waals surface area contributed by atoms with E-state index in [2.05, 4.69) is 15.6 Å². The van der Waals surface area contributed by atoms with Gasteiger partial charge in [0, 0.05) is 57.0 Å². The monoisotopic (exact) mass is 493 g/mol. The molecule has 0 bridgehead atoms. The molecule has 2 aliphatic heterocycles. The molecule has 3 heterocycles. The Hall–Kier alpha value is -3.62. The molecule has 9 nitrogen and oxygen atoms in total. The molecule has 2 aliphatic rings. The van der Waals surface area contributed by atoms with Crippen LogP contribution < -0.4 is 15.4 Å². The fourth-order valence-electron chi connectivity index (χ4n) is 4.67. The normalized spacial score (nSPS) is 18.5. The van der Waals surface area contributed by atoms with E-state index in [-0.39, 0.29) is 23.9 Å². The van der Waals surface area contributed by atoms with Crippen LogP contribution in [0.4, 0.5) is 10.5 Å². The van der Waals surface area contributed by atoms with Gasteiger partial charge in [0.1, 0.15) is 17.9 Å². The molecule has 9 heteroatoms. The summed E-state index contributed by atoms with van der Waals surface area (Å²) in [5.74, 6) is 1.06. The van der Waals surface area contributed by atoms with Crippen LogP contribution in [-0.2, 0) is 9.59 Å². The predicted molar refractivity (Wildman–Crippen MR) is 137 cm³/mol. The number of carbonyl (C=O) groups is 3. The molecular formula is C27H35N5O4. The van der Waals surface area contributed by atoms with Crippen molar-refractivity contribution in [1.29, 1.82) is 0 Å². The number of carbonyl (C=O) groups excluding carboxylic acids is 3. The number of rotatable bonds is 8. The van der Waals surface area contributed by atoms with E-state index in [1.807, 2.05) is 56.4 Å². The van der Waals surface area contributed by atoms with Gasteiger partial charge in [0.25, 0.3) is 0 Å². The third kappa shape index (κ3) is 6.53. The summed E-state index contributed by atoms with van der Waals surface area (Å²) in [6.07, 6.45) is 4.82. The van der Waals surface area contributed by atoms with Crippen LogP contribution in [-0.4, -0.2) is 71.0 Å². The first kappa shape index (κ1) is 25.5. The Balaban J connectivity index is 1.23. The molecule has 0 spiro atoms. The van der Waals surface area contributed by atoms with Gasteiger partial charge in [-0.15, -0.1) is 0 Å². The molecule has 1 aromatic carbocycles. The van der Waals surface area contributed by atoms with E-state index >= 15 is 0 Å². The number of benzene rings is 1. The molecule has 2 atom stereocenters. The highest BCUT2D eigenvalue weighted by Gasteiger charge is 2.33. The van der Waals surface area contributed by atoms with Crippen molar-refractivity contribution < 1.29 is 19.1 Å². The number of pyridine rings is 1. The van der Waals surface area contributed by atoms with E-state index in [1.54, 1.807) is 16.0 Å². The molecule has 0 saturated carbocycles. The second kappa shape index (κ2) is 11.4. The molecule has 0 radical (unpaired) electrons. The number of ether oxygens (including phenoxy) is 1. The number of nitrogens with one attached hydrogen (secondary N) is 2. The van der Waals surface area contributed by atoms with Crippen LogP contribution in [0.5, 0.6) is 5.75 Å². The summed E-state index contributed by atoms with van der Waals surface area (Å²) in [4.78, 5) is 44.7. The van der Waals surface area contributed by atoms with E-state index in [1.165, 1.54) is 6.92 Å². The first-order valence-corrected chi connectivity index (χ1v) is 12.6. The lowest BCUT2D eigenvalue weighted by molar-refractivity contribution is -0.135. The lowest BCUT2D eigenvalue weighted by Gasteiger charge is -2.39. The van der Waals surface area contributed by atoms with Crippen molar-refractivity contribution in [1.82, 2.24) is 20.1 Å². The second-order valence-electron chi connectivity index (χ2n) is 10.0. The average molecular weight is 494 g/mol. The average Bonchev–Trinajstić information content (AvgIpc) is 3.27. The van der Waals surface area contributed by atoms with Crippen LogP contribution in [0.15, 0.2) is 48.8 Å². The Morgan fingerprint density at radius 2 is 1.83 bits per heavy atom. The minimum atomic E-state index is -0.504. The number of amides is 4. The van der Waals surface area contributed by atoms with Crippen LogP contribution in [0.25, 0.3) is 0 Å². The number of likely N-dealkylation sites (tertiary alicyclic amines) is 2. The quantitative estimate of drug-likeness (QED) is 0.588. The third-order valence-corrected chi connectivity index (χ3v) is 6.57. The van der Waals surface area contributed by atoms with Gasteiger partial charge in [-0.2, -0.15) is 0 Å². The highest BCUT2D eigenvalue weighted by atomic mass is 16.5. The molecule has 0 aliphatic carbocycles. The van der Waals surface area contributed by atoms with E-state index < -0.39 is 6.04 Å². The minimum absolute atomic E-state index is 0.0557. The molecule has 4 rings (SSSR count). The van der Waals surface area contributed by atoms with Gasteiger partial charge in [-0.25, -0.2) is 4.79 Å². The van der Waals surface area contributed by atoms with Crippen molar-refractivity contribution in [2.24, 2.45) is 5.92 Å². The number of aromatic nitrogens is 1. The van der Waals surface area contributed by atoms with Gasteiger partial charge < -0.3 is 25.2 Å². The number of anilines is 1. The van der Waals surface area contributed by atoms with Crippen LogP contribution >= 0.6 is 0 Å². The maximum Gasteiger partial charge on any atom is 0.321 e. The molecule has 0 unspecified atom stereocenters. The highest BCUT2D eigenvalue weighted by molar-refractivity contribution is 5.90. The minimum Gasteiger partial charge on any atom is -0.489 e. The lowest BCUT2D eigenvalue weighted by Crippen LogP contribution is -2.50. The smallest absolute Gasteiger partial charge is 0.321 e. The molecule has 192 valence electrons. The third-order valence-electron chi connectivity index (χ3n) is 6.57. The molecular weight excluding hydrogens is 458 g/mol. The van der Waals surface area contributed by atoms with Gasteiger partial charge in [0.15, 0.2) is 0 Å². The van der Waals surface area contributed by atoms with Gasteiger partial charge in [-0.3, -0.25) is 14.6 Å². The van der Waals surface area contributed by atoms with Gasteiger partial charge in [-0.05, 0) is 48.2 Å². The van der Waals surface area contributed by atoms with Crippen molar-refractivity contribution in [3.8, 4) is 5.75 Å². The first-order valence-electron chi connectivity index (χ1n) is 12.6. The topological polar surface area (TPSA) is 104 Å². The van der Waals surface area contributed by atoms with Gasteiger partial charge in [0.2, 0.25) is 11.8 Å². The molecule has 2 aromatic rings. The lowest BCUT2D eigenvalue weighted by atomic mass is 9.93. The SMILES string of the molecule is CC(=O)N[C@@H](CC(C)C)C(=O)N1CC[C@@H](Oc2ccc(NC(=O)N3CC(c4cccnc4)C3)cc2)C1. The first-order chi connectivity index (χ1) is 17.3. The maximum absolute atomic E-state index is 13.0. The fraction of sp³-hybridized carbons (Fsp3) is 0.481. The molecule has 2 N–H and O–H groups in total. The fourth-order valence-corrected chi connectivity index (χ4v) is 4.67. The highest BCUT2D eigenvalue weighted by Crippen LogP contribution is 2.27. The summed E-state index contributed by atoms with van der Waals surface area (Å²) in [5.41, 5.74) is 1.85. The number of nitrogens with zero attached hydrogens (tertiary/aromatic N) is 3. The van der Waals surface area contributed by atoms with Gasteiger partial charge in [-0.1, -0.05) is 19.9 Å². The van der Waals surface area contributed by atoms with Crippen molar-refractivity contribution in [2.75, 3.05) is 31.5 Å². The summed E-state index contributed by atoms with van der Waals surface area (Å²) >= 11 is 0. The van der Waals surface area contributed by atoms with Crippen LogP contribution in [0.1, 0.15) is 45.1 Å². The summed E-state index contributed by atoms with van der Waals surface area (Å²) in [6.45, 7) is 7.94. The van der Waals surface area contributed by atoms with E-state index in [0.717, 1.165) is 12.0 Å². The molecule has 1 aromatic heterocycles. The van der Waals surface area contributed by atoms with Gasteiger partial charge >= 0.3 is 6.03 Å². The van der Waals surface area contributed by atoms with Crippen LogP contribution in [0.2, 0.25) is 0 Å². The predicted octanol–water partition coefficient (Wildman–Crippen LogP) is 3.24. The molecule has 36 heavy (non-hydrogen) atoms. The number of urea groups is 1. The van der Waals surface area contributed by atoms with Gasteiger partial charge in [0.05, 0.1) is 6.54 Å². The Morgan fingerprint density at radius 3 is 2.47 bits per heavy atom. The van der Waals surface area contributed by atoms with Crippen molar-refractivity contribution in [3.05, 3.63) is 54.4 Å². The zero-order chi connectivity index (χ0) is 25.7. The van der Waals surface area contributed by atoms with E-state index in [9.17, 15) is 14.4 Å². The van der Waals surface area contributed by atoms with Crippen LogP contribution in [0, 0.1) is 5.92 Å². The molecule has 2 fully saturated rings. The standard InChI is InChI=1S/C27H35N5O4/c1-18(2)13-25(29-19(3)33)26(34)31-12-10-24(17-31)36-23-8-6-22(7-9-23)30-27(35)32-15-21(16-32)20-5-4-11-28-14-20/h4-9,11,14,18,21,24-25H,10,12-13,15-17H2,1-3H3,(H,29,33)(H,30,35)/t24-,25+/m1/s1. The summed E-state index contributed by atoms with van der Waals surface area (Å²) < 4.78 is 6.09. The Kier molecular flexibility index (Phi) is 8.07. The zero-order valence-electron chi connectivity index (χ0n) is 21.1. The largest absolute Gasteiger partial charge is 0.489 e. The van der Waals surface area contributed by atoms with E-state index in [0.29, 0.717) is 55.9 Å². The number of hydrogen-bond acceptors (Lipinski definition) is 5. The van der Waals surface area contributed by atoms with Crippen LogP contribution in [0.3, 0.4) is 0 Å². The van der Waals surface area contributed by atoms with Crippen molar-refractivity contribution in [2.45, 2.75) is 51.7 Å². The Morgan fingerprint density at radius 1 is 1.08 bits per heavy atom. The number of hydrogen-bond donors (Lipinski definition) is 2. The Bertz CT molecular complexity index is 1050. The summed E-state index contributed by atoms with van der Waals surface area (Å²) in [6, 6.07) is 10.6. The van der Waals surface area contributed by atoms with Crippen molar-refractivity contribution in [3.63, 3.8) is 0 Å². The molecule has 4 amide bonds. The Labute approximate surface area is 212 Å². The maximum atomic E-state index is 13.0. The zero-order valence-corrected chi connectivity index (χ0v) is 21.1. The van der Waals surface area contributed by atoms with E-state index in [4.69, 9.17) is 4.74 Å². The molecule has 2 saturated heterocycles. The summed E-state index contributed by atoms with van der Waals surface area (Å²) in [5, 5.41) is 5.72.